The van der Waals surface area contributed by atoms with E-state index in [2.05, 4.69) is 0 Å². The molecule has 1 saturated heterocycles. The summed E-state index contributed by atoms with van der Waals surface area (Å²) >= 11 is 11.9. The van der Waals surface area contributed by atoms with E-state index in [1.54, 1.807) is 28.0 Å². The molecule has 136 valence electrons. The van der Waals surface area contributed by atoms with E-state index in [1.807, 2.05) is 14.1 Å². The zero-order valence-corrected chi connectivity index (χ0v) is 15.9. The van der Waals surface area contributed by atoms with Gasteiger partial charge >= 0.3 is 0 Å². The van der Waals surface area contributed by atoms with Crippen molar-refractivity contribution in [2.24, 2.45) is 11.8 Å². The van der Waals surface area contributed by atoms with Gasteiger partial charge in [0.05, 0.1) is 5.02 Å². The average molecular weight is 385 g/mol. The topological polar surface area (TPSA) is 49.9 Å². The van der Waals surface area contributed by atoms with Crippen LogP contribution in [-0.4, -0.2) is 54.9 Å². The second-order valence-electron chi connectivity index (χ2n) is 6.99. The Labute approximate surface area is 157 Å². The van der Waals surface area contributed by atoms with E-state index in [1.165, 1.54) is 0 Å². The molecule has 0 N–H and O–H groups in total. The summed E-state index contributed by atoms with van der Waals surface area (Å²) in [6.45, 7) is 0.724. The number of likely N-dealkylation sites (N-methyl/N-ethyl adjacent to an activating group) is 1. The van der Waals surface area contributed by atoms with Crippen LogP contribution in [0.15, 0.2) is 18.2 Å². The molecule has 5 nitrogen and oxygen atoms in total. The fourth-order valence-electron chi connectivity index (χ4n) is 3.84. The quantitative estimate of drug-likeness (QED) is 0.801. The lowest BCUT2D eigenvalue weighted by Crippen LogP contribution is -2.40. The molecule has 2 aliphatic rings. The summed E-state index contributed by atoms with van der Waals surface area (Å²) < 4.78 is 5.54. The maximum atomic E-state index is 12.5. The van der Waals surface area contributed by atoms with Gasteiger partial charge in [-0.25, -0.2) is 0 Å². The van der Waals surface area contributed by atoms with E-state index < -0.39 is 0 Å². The van der Waals surface area contributed by atoms with Gasteiger partial charge in [-0.05, 0) is 42.9 Å². The van der Waals surface area contributed by atoms with Crippen LogP contribution in [-0.2, 0) is 9.59 Å². The van der Waals surface area contributed by atoms with E-state index >= 15 is 0 Å². The Balaban J connectivity index is 1.55. The number of carbonyl (C=O) groups excluding carboxylic acids is 2. The number of amides is 2. The molecule has 0 radical (unpaired) electrons. The number of halogens is 2. The van der Waals surface area contributed by atoms with E-state index in [0.717, 1.165) is 19.4 Å². The number of carbonyl (C=O) groups is 2. The zero-order chi connectivity index (χ0) is 18.1. The van der Waals surface area contributed by atoms with Gasteiger partial charge in [-0.1, -0.05) is 23.2 Å². The largest absolute Gasteiger partial charge is 0.482 e. The fraction of sp³-hybridized carbons (Fsp3) is 0.556. The summed E-state index contributed by atoms with van der Waals surface area (Å²) in [5, 5.41) is 0.908. The second kappa shape index (κ2) is 7.42. The number of piperidine rings is 1. The van der Waals surface area contributed by atoms with E-state index in [-0.39, 0.29) is 24.5 Å². The third-order valence-electron chi connectivity index (χ3n) is 5.37. The standard InChI is InChI=1S/C18H22Cl2N2O3/c1-21-9-12-6-14(5-11(12)7-17(21)23)22(2)18(24)10-25-16-4-3-13(19)8-15(16)20/h3-4,8,11-12,14H,5-7,9-10H2,1-2H3/t11-,12+,14-/m1/s1. The summed E-state index contributed by atoms with van der Waals surface area (Å²) in [5.41, 5.74) is 0. The fourth-order valence-corrected chi connectivity index (χ4v) is 4.30. The molecule has 0 unspecified atom stereocenters. The normalized spacial score (nSPS) is 25.7. The molecule has 0 aromatic heterocycles. The highest BCUT2D eigenvalue weighted by Crippen LogP contribution is 2.40. The first-order chi connectivity index (χ1) is 11.8. The SMILES string of the molecule is CN1C[C@@H]2C[C@H](N(C)C(=O)COc3ccc(Cl)cc3Cl)C[C@@H]2CC1=O. The van der Waals surface area contributed by atoms with E-state index in [4.69, 9.17) is 27.9 Å². The summed E-state index contributed by atoms with van der Waals surface area (Å²) in [4.78, 5) is 27.9. The average Bonchev–Trinajstić information content (AvgIpc) is 2.96. The van der Waals surface area contributed by atoms with Gasteiger partial charge in [0.25, 0.3) is 5.91 Å². The number of ether oxygens (including phenoxy) is 1. The van der Waals surface area contributed by atoms with Gasteiger partial charge in [-0.3, -0.25) is 9.59 Å². The lowest BCUT2D eigenvalue weighted by Gasteiger charge is -2.31. The van der Waals surface area contributed by atoms with Gasteiger partial charge in [0.1, 0.15) is 5.75 Å². The lowest BCUT2D eigenvalue weighted by molar-refractivity contribution is -0.135. The minimum absolute atomic E-state index is 0.0669. The highest BCUT2D eigenvalue weighted by Gasteiger charge is 2.42. The smallest absolute Gasteiger partial charge is 0.260 e. The molecule has 1 aliphatic heterocycles. The predicted molar refractivity (Wildman–Crippen MR) is 97.0 cm³/mol. The van der Waals surface area contributed by atoms with Gasteiger partial charge < -0.3 is 14.5 Å². The highest BCUT2D eigenvalue weighted by molar-refractivity contribution is 6.35. The van der Waals surface area contributed by atoms with Gasteiger partial charge in [0.15, 0.2) is 6.61 Å². The van der Waals surface area contributed by atoms with Crippen molar-refractivity contribution in [3.05, 3.63) is 28.2 Å². The van der Waals surface area contributed by atoms with Crippen molar-refractivity contribution in [3.63, 3.8) is 0 Å². The number of hydrogen-bond donors (Lipinski definition) is 0. The van der Waals surface area contributed by atoms with Crippen LogP contribution in [0.2, 0.25) is 10.0 Å². The Morgan fingerprint density at radius 1 is 1.32 bits per heavy atom. The first-order valence-corrected chi connectivity index (χ1v) is 9.18. The minimum Gasteiger partial charge on any atom is -0.482 e. The highest BCUT2D eigenvalue weighted by atomic mass is 35.5. The number of benzene rings is 1. The monoisotopic (exact) mass is 384 g/mol. The first kappa shape index (κ1) is 18.3. The molecule has 0 bridgehead atoms. The van der Waals surface area contributed by atoms with Crippen LogP contribution in [0.1, 0.15) is 19.3 Å². The van der Waals surface area contributed by atoms with Crippen LogP contribution in [0.25, 0.3) is 0 Å². The van der Waals surface area contributed by atoms with Crippen molar-refractivity contribution in [1.29, 1.82) is 0 Å². The molecule has 1 aromatic carbocycles. The van der Waals surface area contributed by atoms with Crippen LogP contribution < -0.4 is 4.74 Å². The van der Waals surface area contributed by atoms with Crippen LogP contribution in [0.3, 0.4) is 0 Å². The van der Waals surface area contributed by atoms with Gasteiger partial charge in [-0.15, -0.1) is 0 Å². The molecular formula is C18H22Cl2N2O3. The molecule has 1 saturated carbocycles. The minimum atomic E-state index is -0.0886. The molecule has 0 spiro atoms. The summed E-state index contributed by atoms with van der Waals surface area (Å²) in [6, 6.07) is 5.07. The summed E-state index contributed by atoms with van der Waals surface area (Å²) in [6.07, 6.45) is 2.41. The third-order valence-corrected chi connectivity index (χ3v) is 5.90. The molecule has 7 heteroatoms. The van der Waals surface area contributed by atoms with Crippen molar-refractivity contribution in [3.8, 4) is 5.75 Å². The van der Waals surface area contributed by atoms with Crippen molar-refractivity contribution < 1.29 is 14.3 Å². The van der Waals surface area contributed by atoms with Crippen LogP contribution in [0, 0.1) is 11.8 Å². The van der Waals surface area contributed by atoms with Crippen molar-refractivity contribution >= 4 is 35.0 Å². The summed E-state index contributed by atoms with van der Waals surface area (Å²) in [5.74, 6) is 1.43. The predicted octanol–water partition coefficient (Wildman–Crippen LogP) is 3.09. The first-order valence-electron chi connectivity index (χ1n) is 8.42. The van der Waals surface area contributed by atoms with Gasteiger partial charge in [0.2, 0.25) is 5.91 Å². The summed E-state index contributed by atoms with van der Waals surface area (Å²) in [7, 11) is 3.66. The van der Waals surface area contributed by atoms with Crippen molar-refractivity contribution in [1.82, 2.24) is 9.80 Å². The zero-order valence-electron chi connectivity index (χ0n) is 14.4. The molecule has 3 rings (SSSR count). The van der Waals surface area contributed by atoms with Crippen LogP contribution in [0.5, 0.6) is 5.75 Å². The lowest BCUT2D eigenvalue weighted by atomic mass is 9.88. The van der Waals surface area contributed by atoms with Crippen molar-refractivity contribution in [2.45, 2.75) is 25.3 Å². The Morgan fingerprint density at radius 3 is 2.76 bits per heavy atom. The third kappa shape index (κ3) is 4.04. The van der Waals surface area contributed by atoms with E-state index in [0.29, 0.717) is 34.1 Å². The number of rotatable bonds is 4. The Hall–Kier alpha value is -1.46. The molecule has 1 heterocycles. The molecule has 2 fully saturated rings. The van der Waals surface area contributed by atoms with Crippen LogP contribution in [0.4, 0.5) is 0 Å². The number of likely N-dealkylation sites (tertiary alicyclic amines) is 1. The van der Waals surface area contributed by atoms with Gasteiger partial charge in [-0.2, -0.15) is 0 Å². The Morgan fingerprint density at radius 2 is 2.04 bits per heavy atom. The van der Waals surface area contributed by atoms with Gasteiger partial charge in [0, 0.05) is 38.1 Å². The Kier molecular flexibility index (Phi) is 5.44. The van der Waals surface area contributed by atoms with Crippen molar-refractivity contribution in [2.75, 3.05) is 27.2 Å². The molecule has 1 aromatic rings. The number of nitrogens with zero attached hydrogens (tertiary/aromatic N) is 2. The van der Waals surface area contributed by atoms with Crippen LogP contribution >= 0.6 is 23.2 Å². The molecular weight excluding hydrogens is 363 g/mol. The second-order valence-corrected chi connectivity index (χ2v) is 7.84. The Bertz CT molecular complexity index is 682. The molecule has 3 atom stereocenters. The molecule has 2 amide bonds. The number of fused-ring (bicyclic) bond motifs is 1. The molecule has 25 heavy (non-hydrogen) atoms. The number of hydrogen-bond acceptors (Lipinski definition) is 3. The maximum absolute atomic E-state index is 12.5. The van der Waals surface area contributed by atoms with E-state index in [9.17, 15) is 9.59 Å². The molecule has 1 aliphatic carbocycles. The maximum Gasteiger partial charge on any atom is 0.260 e.